The van der Waals surface area contributed by atoms with Gasteiger partial charge in [0.15, 0.2) is 5.69 Å². The molecule has 1 unspecified atom stereocenters. The normalized spacial score (nSPS) is 12.0. The Bertz CT molecular complexity index is 622. The van der Waals surface area contributed by atoms with Gasteiger partial charge >= 0.3 is 0 Å². The fourth-order valence-corrected chi connectivity index (χ4v) is 2.28. The van der Waals surface area contributed by atoms with Crippen LogP contribution in [-0.4, -0.2) is 35.4 Å². The first-order chi connectivity index (χ1) is 11.2. The molecule has 0 aliphatic carbocycles. The molecular formula is C17H24N4O2. The van der Waals surface area contributed by atoms with Crippen LogP contribution in [0.15, 0.2) is 36.5 Å². The topological polar surface area (TPSA) is 82.2 Å². The highest BCUT2D eigenvalue weighted by Gasteiger charge is 2.14. The van der Waals surface area contributed by atoms with Crippen LogP contribution in [0.3, 0.4) is 0 Å². The Kier molecular flexibility index (Phi) is 6.17. The van der Waals surface area contributed by atoms with Gasteiger partial charge in [-0.3, -0.25) is 4.79 Å². The van der Waals surface area contributed by atoms with Crippen LogP contribution in [0.4, 0.5) is 0 Å². The zero-order chi connectivity index (χ0) is 16.7. The Balaban J connectivity index is 2.03. The van der Waals surface area contributed by atoms with E-state index in [1.165, 1.54) is 0 Å². The monoisotopic (exact) mass is 316 g/mol. The maximum Gasteiger partial charge on any atom is 0.272 e. The number of unbranched alkanes of at least 4 members (excludes halogenated alkanes) is 1. The summed E-state index contributed by atoms with van der Waals surface area (Å²) in [5, 5.41) is 7.27. The van der Waals surface area contributed by atoms with Crippen LogP contribution >= 0.6 is 0 Å². The number of aromatic nitrogens is 2. The number of carbonyl (C=O) groups is 1. The van der Waals surface area contributed by atoms with Crippen molar-refractivity contribution in [2.45, 2.75) is 32.2 Å². The number of hydrogen-bond donors (Lipinski definition) is 2. The Labute approximate surface area is 136 Å². The smallest absolute Gasteiger partial charge is 0.272 e. The van der Waals surface area contributed by atoms with Crippen LogP contribution in [-0.2, 0) is 0 Å². The van der Waals surface area contributed by atoms with Gasteiger partial charge in [-0.2, -0.15) is 5.10 Å². The number of rotatable bonds is 8. The number of ether oxygens (including phenoxy) is 1. The standard InChI is InChI=1S/C17H24N4O2/c1-3-4-5-13(12-18)19-17(22)16-10-11-21(20-16)14-6-8-15(23-2)9-7-14/h6-11,13H,3-5,12,18H2,1-2H3,(H,19,22). The van der Waals surface area contributed by atoms with Gasteiger partial charge in [-0.15, -0.1) is 0 Å². The first-order valence-electron chi connectivity index (χ1n) is 7.89. The van der Waals surface area contributed by atoms with E-state index in [4.69, 9.17) is 10.5 Å². The van der Waals surface area contributed by atoms with E-state index in [0.29, 0.717) is 12.2 Å². The number of carbonyl (C=O) groups excluding carboxylic acids is 1. The van der Waals surface area contributed by atoms with E-state index in [0.717, 1.165) is 30.7 Å². The van der Waals surface area contributed by atoms with Gasteiger partial charge in [-0.1, -0.05) is 19.8 Å². The van der Waals surface area contributed by atoms with Gasteiger partial charge in [0.25, 0.3) is 5.91 Å². The van der Waals surface area contributed by atoms with Crippen molar-refractivity contribution in [2.24, 2.45) is 5.73 Å². The molecule has 0 saturated heterocycles. The Morgan fingerprint density at radius 1 is 1.35 bits per heavy atom. The highest BCUT2D eigenvalue weighted by molar-refractivity contribution is 5.92. The predicted octanol–water partition coefficient (Wildman–Crippen LogP) is 2.13. The summed E-state index contributed by atoms with van der Waals surface area (Å²) in [6, 6.07) is 9.17. The summed E-state index contributed by atoms with van der Waals surface area (Å²) in [6.07, 6.45) is 4.78. The third kappa shape index (κ3) is 4.56. The highest BCUT2D eigenvalue weighted by Crippen LogP contribution is 2.14. The molecular weight excluding hydrogens is 292 g/mol. The SMILES string of the molecule is CCCCC(CN)NC(=O)c1ccn(-c2ccc(OC)cc2)n1. The minimum atomic E-state index is -0.191. The Morgan fingerprint density at radius 3 is 2.70 bits per heavy atom. The van der Waals surface area contributed by atoms with Crippen molar-refractivity contribution in [3.63, 3.8) is 0 Å². The first-order valence-corrected chi connectivity index (χ1v) is 7.89. The lowest BCUT2D eigenvalue weighted by atomic mass is 10.1. The lowest BCUT2D eigenvalue weighted by Gasteiger charge is -2.15. The molecule has 0 saturated carbocycles. The molecule has 6 nitrogen and oxygen atoms in total. The second-order valence-corrected chi connectivity index (χ2v) is 5.39. The van der Waals surface area contributed by atoms with Gasteiger partial charge < -0.3 is 15.8 Å². The molecule has 0 aliphatic heterocycles. The molecule has 2 aromatic rings. The van der Waals surface area contributed by atoms with Gasteiger partial charge in [-0.05, 0) is 36.8 Å². The average molecular weight is 316 g/mol. The van der Waals surface area contributed by atoms with Crippen molar-refractivity contribution in [1.82, 2.24) is 15.1 Å². The molecule has 2 rings (SSSR count). The summed E-state index contributed by atoms with van der Waals surface area (Å²) in [4.78, 5) is 12.3. The fraction of sp³-hybridized carbons (Fsp3) is 0.412. The minimum Gasteiger partial charge on any atom is -0.497 e. The molecule has 0 fully saturated rings. The molecule has 1 aromatic heterocycles. The Morgan fingerprint density at radius 2 is 2.09 bits per heavy atom. The summed E-state index contributed by atoms with van der Waals surface area (Å²) in [6.45, 7) is 2.55. The summed E-state index contributed by atoms with van der Waals surface area (Å²) >= 11 is 0. The van der Waals surface area contributed by atoms with Gasteiger partial charge in [0.1, 0.15) is 5.75 Å². The number of nitrogens with one attached hydrogen (secondary N) is 1. The van der Waals surface area contributed by atoms with E-state index in [-0.39, 0.29) is 11.9 Å². The lowest BCUT2D eigenvalue weighted by molar-refractivity contribution is 0.0930. The molecule has 0 aliphatic rings. The molecule has 23 heavy (non-hydrogen) atoms. The lowest BCUT2D eigenvalue weighted by Crippen LogP contribution is -2.40. The minimum absolute atomic E-state index is 0.00594. The van der Waals surface area contributed by atoms with Gasteiger partial charge in [0.2, 0.25) is 0 Å². The molecule has 1 atom stereocenters. The van der Waals surface area contributed by atoms with Gasteiger partial charge in [-0.25, -0.2) is 4.68 Å². The second kappa shape index (κ2) is 8.33. The summed E-state index contributed by atoms with van der Waals surface area (Å²) in [7, 11) is 1.62. The summed E-state index contributed by atoms with van der Waals surface area (Å²) < 4.78 is 6.80. The van der Waals surface area contributed by atoms with Crippen molar-refractivity contribution < 1.29 is 9.53 Å². The molecule has 1 heterocycles. The fourth-order valence-electron chi connectivity index (χ4n) is 2.28. The number of nitrogens with zero attached hydrogens (tertiary/aromatic N) is 2. The van der Waals surface area contributed by atoms with Crippen molar-refractivity contribution >= 4 is 5.91 Å². The van der Waals surface area contributed by atoms with Crippen LogP contribution in [0.1, 0.15) is 36.7 Å². The molecule has 1 aromatic carbocycles. The van der Waals surface area contributed by atoms with E-state index >= 15 is 0 Å². The molecule has 0 bridgehead atoms. The van der Waals surface area contributed by atoms with Crippen LogP contribution in [0.2, 0.25) is 0 Å². The van der Waals surface area contributed by atoms with Crippen molar-refractivity contribution in [3.05, 3.63) is 42.2 Å². The number of benzene rings is 1. The third-order valence-electron chi connectivity index (χ3n) is 3.68. The second-order valence-electron chi connectivity index (χ2n) is 5.39. The zero-order valence-corrected chi connectivity index (χ0v) is 13.7. The molecule has 0 spiro atoms. The van der Waals surface area contributed by atoms with Crippen LogP contribution < -0.4 is 15.8 Å². The summed E-state index contributed by atoms with van der Waals surface area (Å²) in [5.74, 6) is 0.587. The van der Waals surface area contributed by atoms with E-state index in [2.05, 4.69) is 17.3 Å². The van der Waals surface area contributed by atoms with E-state index in [1.807, 2.05) is 24.3 Å². The van der Waals surface area contributed by atoms with Crippen LogP contribution in [0, 0.1) is 0 Å². The molecule has 1 amide bonds. The quantitative estimate of drug-likeness (QED) is 0.781. The Hall–Kier alpha value is -2.34. The van der Waals surface area contributed by atoms with Crippen molar-refractivity contribution in [1.29, 1.82) is 0 Å². The molecule has 6 heteroatoms. The number of amides is 1. The number of methoxy groups -OCH3 is 1. The van der Waals surface area contributed by atoms with Crippen molar-refractivity contribution in [2.75, 3.05) is 13.7 Å². The van der Waals surface area contributed by atoms with Gasteiger partial charge in [0, 0.05) is 18.8 Å². The maximum absolute atomic E-state index is 12.3. The van der Waals surface area contributed by atoms with Crippen molar-refractivity contribution in [3.8, 4) is 11.4 Å². The molecule has 0 radical (unpaired) electrons. The highest BCUT2D eigenvalue weighted by atomic mass is 16.5. The van der Waals surface area contributed by atoms with E-state index in [9.17, 15) is 4.79 Å². The van der Waals surface area contributed by atoms with Crippen LogP contribution in [0.25, 0.3) is 5.69 Å². The van der Waals surface area contributed by atoms with E-state index < -0.39 is 0 Å². The first kappa shape index (κ1) is 17.0. The number of nitrogens with two attached hydrogens (primary N) is 1. The predicted molar refractivity (Wildman–Crippen MR) is 89.9 cm³/mol. The van der Waals surface area contributed by atoms with E-state index in [1.54, 1.807) is 24.1 Å². The molecule has 124 valence electrons. The maximum atomic E-state index is 12.3. The van der Waals surface area contributed by atoms with Crippen LogP contribution in [0.5, 0.6) is 5.75 Å². The third-order valence-corrected chi connectivity index (χ3v) is 3.68. The largest absolute Gasteiger partial charge is 0.497 e. The average Bonchev–Trinajstić information content (AvgIpc) is 3.08. The molecule has 3 N–H and O–H groups in total. The summed E-state index contributed by atoms with van der Waals surface area (Å²) in [5.41, 5.74) is 6.96. The number of hydrogen-bond acceptors (Lipinski definition) is 4. The van der Waals surface area contributed by atoms with Gasteiger partial charge in [0.05, 0.1) is 12.8 Å². The zero-order valence-electron chi connectivity index (χ0n) is 13.7.